The number of hydrogen-bond acceptors (Lipinski definition) is 3. The van der Waals surface area contributed by atoms with Crippen molar-refractivity contribution in [2.75, 3.05) is 6.61 Å². The number of halogens is 1. The lowest BCUT2D eigenvalue weighted by molar-refractivity contribution is 0.0123. The Morgan fingerprint density at radius 3 is 2.93 bits per heavy atom. The Balaban J connectivity index is 2.17. The van der Waals surface area contributed by atoms with Crippen LogP contribution in [0.3, 0.4) is 0 Å². The van der Waals surface area contributed by atoms with Gasteiger partial charge in [0.2, 0.25) is 0 Å². The standard InChI is InChI=1S/C11H15ClN2O/c12-11-8(7-13)4-5-9(14-11)10-3-1-2-6-15-10/h4-5,10H,1-3,6-7,13H2. The molecule has 0 saturated carbocycles. The normalized spacial score (nSPS) is 21.6. The van der Waals surface area contributed by atoms with Gasteiger partial charge in [0.1, 0.15) is 5.15 Å². The van der Waals surface area contributed by atoms with Crippen molar-refractivity contribution in [1.82, 2.24) is 4.98 Å². The molecule has 15 heavy (non-hydrogen) atoms. The summed E-state index contributed by atoms with van der Waals surface area (Å²) in [6.07, 6.45) is 3.49. The van der Waals surface area contributed by atoms with Gasteiger partial charge in [0.25, 0.3) is 0 Å². The van der Waals surface area contributed by atoms with Crippen molar-refractivity contribution in [1.29, 1.82) is 0 Å². The topological polar surface area (TPSA) is 48.1 Å². The second-order valence-corrected chi connectivity index (χ2v) is 4.10. The number of nitrogens with two attached hydrogens (primary N) is 1. The van der Waals surface area contributed by atoms with Crippen LogP contribution in [0.1, 0.15) is 36.6 Å². The molecule has 0 aromatic carbocycles. The first kappa shape index (κ1) is 10.9. The minimum absolute atomic E-state index is 0.114. The van der Waals surface area contributed by atoms with E-state index >= 15 is 0 Å². The average Bonchev–Trinajstić information content (AvgIpc) is 2.30. The second-order valence-electron chi connectivity index (χ2n) is 3.75. The molecule has 1 aliphatic heterocycles. The molecule has 2 heterocycles. The van der Waals surface area contributed by atoms with Gasteiger partial charge in [-0.3, -0.25) is 0 Å². The lowest BCUT2D eigenvalue weighted by Crippen LogP contribution is -2.13. The molecule has 2 rings (SSSR count). The first-order chi connectivity index (χ1) is 7.31. The van der Waals surface area contributed by atoms with Crippen molar-refractivity contribution in [3.05, 3.63) is 28.5 Å². The van der Waals surface area contributed by atoms with Gasteiger partial charge < -0.3 is 10.5 Å². The zero-order valence-corrected chi connectivity index (χ0v) is 9.33. The Morgan fingerprint density at radius 1 is 1.47 bits per heavy atom. The number of aromatic nitrogens is 1. The van der Waals surface area contributed by atoms with Gasteiger partial charge in [-0.05, 0) is 25.3 Å². The van der Waals surface area contributed by atoms with Gasteiger partial charge in [-0.15, -0.1) is 0 Å². The molecule has 3 nitrogen and oxygen atoms in total. The minimum atomic E-state index is 0.114. The lowest BCUT2D eigenvalue weighted by Gasteiger charge is -2.22. The van der Waals surface area contributed by atoms with Crippen molar-refractivity contribution in [3.8, 4) is 0 Å². The summed E-state index contributed by atoms with van der Waals surface area (Å²) in [6, 6.07) is 3.90. The third-order valence-corrected chi connectivity index (χ3v) is 3.00. The SMILES string of the molecule is NCc1ccc(C2CCCCO2)nc1Cl. The first-order valence-corrected chi connectivity index (χ1v) is 5.66. The Bertz CT molecular complexity index is 337. The van der Waals surface area contributed by atoms with E-state index in [-0.39, 0.29) is 6.10 Å². The van der Waals surface area contributed by atoms with Crippen molar-refractivity contribution < 1.29 is 4.74 Å². The van der Waals surface area contributed by atoms with Crippen LogP contribution in [0.5, 0.6) is 0 Å². The number of nitrogens with zero attached hydrogens (tertiary/aromatic N) is 1. The zero-order valence-electron chi connectivity index (χ0n) is 8.58. The fraction of sp³-hybridized carbons (Fsp3) is 0.545. The Labute approximate surface area is 94.6 Å². The van der Waals surface area contributed by atoms with E-state index in [2.05, 4.69) is 4.98 Å². The van der Waals surface area contributed by atoms with Crippen molar-refractivity contribution in [2.45, 2.75) is 31.9 Å². The van der Waals surface area contributed by atoms with Gasteiger partial charge in [0.15, 0.2) is 0 Å². The van der Waals surface area contributed by atoms with E-state index in [0.717, 1.165) is 30.7 Å². The van der Waals surface area contributed by atoms with Crippen LogP contribution in [-0.4, -0.2) is 11.6 Å². The fourth-order valence-electron chi connectivity index (χ4n) is 1.78. The molecule has 0 aliphatic carbocycles. The highest BCUT2D eigenvalue weighted by atomic mass is 35.5. The minimum Gasteiger partial charge on any atom is -0.372 e. The Hall–Kier alpha value is -0.640. The van der Waals surface area contributed by atoms with Gasteiger partial charge in [-0.1, -0.05) is 17.7 Å². The molecular formula is C11H15ClN2O. The van der Waals surface area contributed by atoms with Crippen LogP contribution in [0, 0.1) is 0 Å². The number of ether oxygens (including phenoxy) is 1. The van der Waals surface area contributed by atoms with E-state index in [0.29, 0.717) is 11.7 Å². The molecule has 2 N–H and O–H groups in total. The van der Waals surface area contributed by atoms with Crippen molar-refractivity contribution in [3.63, 3.8) is 0 Å². The first-order valence-electron chi connectivity index (χ1n) is 5.28. The van der Waals surface area contributed by atoms with E-state index in [1.54, 1.807) is 0 Å². The number of pyridine rings is 1. The second kappa shape index (κ2) is 4.92. The highest BCUT2D eigenvalue weighted by molar-refractivity contribution is 6.30. The summed E-state index contributed by atoms with van der Waals surface area (Å²) in [5.74, 6) is 0. The number of hydrogen-bond donors (Lipinski definition) is 1. The summed E-state index contributed by atoms with van der Waals surface area (Å²) >= 11 is 6.00. The molecule has 1 fully saturated rings. The molecule has 0 amide bonds. The summed E-state index contributed by atoms with van der Waals surface area (Å²) in [5, 5.41) is 0.504. The molecule has 0 bridgehead atoms. The molecule has 0 radical (unpaired) electrons. The van der Waals surface area contributed by atoms with Crippen LogP contribution in [-0.2, 0) is 11.3 Å². The van der Waals surface area contributed by atoms with E-state index in [9.17, 15) is 0 Å². The van der Waals surface area contributed by atoms with Crippen LogP contribution < -0.4 is 5.73 Å². The van der Waals surface area contributed by atoms with E-state index < -0.39 is 0 Å². The monoisotopic (exact) mass is 226 g/mol. The molecule has 4 heteroatoms. The van der Waals surface area contributed by atoms with Crippen molar-refractivity contribution >= 4 is 11.6 Å². The molecular weight excluding hydrogens is 212 g/mol. The van der Waals surface area contributed by atoms with Crippen LogP contribution in [0.4, 0.5) is 0 Å². The van der Waals surface area contributed by atoms with E-state index in [1.165, 1.54) is 6.42 Å². The van der Waals surface area contributed by atoms with Gasteiger partial charge in [0.05, 0.1) is 11.8 Å². The smallest absolute Gasteiger partial charge is 0.133 e. The predicted octanol–water partition coefficient (Wildman–Crippen LogP) is 2.44. The lowest BCUT2D eigenvalue weighted by atomic mass is 10.1. The predicted molar refractivity (Wildman–Crippen MR) is 59.7 cm³/mol. The highest BCUT2D eigenvalue weighted by Gasteiger charge is 2.17. The van der Waals surface area contributed by atoms with E-state index in [4.69, 9.17) is 22.1 Å². The molecule has 0 spiro atoms. The molecule has 1 aromatic rings. The summed E-state index contributed by atoms with van der Waals surface area (Å²) < 4.78 is 5.64. The highest BCUT2D eigenvalue weighted by Crippen LogP contribution is 2.27. The van der Waals surface area contributed by atoms with Gasteiger partial charge in [-0.2, -0.15) is 0 Å². The zero-order chi connectivity index (χ0) is 10.7. The largest absolute Gasteiger partial charge is 0.372 e. The summed E-state index contributed by atoms with van der Waals surface area (Å²) in [7, 11) is 0. The van der Waals surface area contributed by atoms with Crippen LogP contribution in [0.15, 0.2) is 12.1 Å². The van der Waals surface area contributed by atoms with Crippen LogP contribution in [0.2, 0.25) is 5.15 Å². The molecule has 1 aliphatic rings. The Morgan fingerprint density at radius 2 is 2.33 bits per heavy atom. The van der Waals surface area contributed by atoms with Gasteiger partial charge in [0, 0.05) is 18.7 Å². The number of rotatable bonds is 2. The van der Waals surface area contributed by atoms with Gasteiger partial charge in [-0.25, -0.2) is 4.98 Å². The third-order valence-electron chi connectivity index (χ3n) is 2.68. The molecule has 1 aromatic heterocycles. The van der Waals surface area contributed by atoms with Crippen LogP contribution in [0.25, 0.3) is 0 Å². The summed E-state index contributed by atoms with van der Waals surface area (Å²) in [6.45, 7) is 1.25. The molecule has 1 unspecified atom stereocenters. The Kier molecular flexibility index (Phi) is 3.57. The van der Waals surface area contributed by atoms with E-state index in [1.807, 2.05) is 12.1 Å². The molecule has 82 valence electrons. The maximum absolute atomic E-state index is 6.00. The maximum Gasteiger partial charge on any atom is 0.133 e. The molecule has 1 atom stereocenters. The average molecular weight is 227 g/mol. The third kappa shape index (κ3) is 2.48. The quantitative estimate of drug-likeness (QED) is 0.788. The fourth-order valence-corrected chi connectivity index (χ4v) is 2.02. The summed E-state index contributed by atoms with van der Waals surface area (Å²) in [4.78, 5) is 4.33. The van der Waals surface area contributed by atoms with Gasteiger partial charge >= 0.3 is 0 Å². The maximum atomic E-state index is 6.00. The van der Waals surface area contributed by atoms with Crippen molar-refractivity contribution in [2.24, 2.45) is 5.73 Å². The van der Waals surface area contributed by atoms with Crippen LogP contribution >= 0.6 is 11.6 Å². The molecule has 1 saturated heterocycles. The summed E-state index contributed by atoms with van der Waals surface area (Å²) in [5.41, 5.74) is 7.34.